The third kappa shape index (κ3) is 42.1. The minimum Gasteiger partial charge on any atom is -0.462 e. The van der Waals surface area contributed by atoms with Crippen LogP contribution in [0.25, 0.3) is 0 Å². The summed E-state index contributed by atoms with van der Waals surface area (Å²) in [5.74, 6) is -0.933. The predicted octanol–water partition coefficient (Wildman–Crippen LogP) is 14.5. The highest BCUT2D eigenvalue weighted by molar-refractivity contribution is 5.71. The van der Waals surface area contributed by atoms with Crippen LogP contribution in [0, 0.1) is 0 Å². The summed E-state index contributed by atoms with van der Waals surface area (Å²) in [6, 6.07) is 0. The van der Waals surface area contributed by atoms with Gasteiger partial charge in [-0.25, -0.2) is 0 Å². The van der Waals surface area contributed by atoms with Crippen molar-refractivity contribution in [3.63, 3.8) is 0 Å². The zero-order chi connectivity index (χ0) is 40.1. The van der Waals surface area contributed by atoms with Crippen molar-refractivity contribution in [1.82, 2.24) is 0 Å². The molecular formula is C49H84O6. The highest BCUT2D eigenvalue weighted by Gasteiger charge is 2.19. The van der Waals surface area contributed by atoms with E-state index in [9.17, 15) is 14.4 Å². The highest BCUT2D eigenvalue weighted by atomic mass is 16.6. The van der Waals surface area contributed by atoms with Crippen LogP contribution in [0.15, 0.2) is 60.8 Å². The molecule has 0 saturated heterocycles. The van der Waals surface area contributed by atoms with Gasteiger partial charge in [-0.3, -0.25) is 14.4 Å². The van der Waals surface area contributed by atoms with Gasteiger partial charge in [-0.2, -0.15) is 0 Å². The summed E-state index contributed by atoms with van der Waals surface area (Å²) in [6.45, 7) is 6.42. The van der Waals surface area contributed by atoms with Gasteiger partial charge in [0.05, 0.1) is 0 Å². The molecule has 0 bridgehead atoms. The summed E-state index contributed by atoms with van der Waals surface area (Å²) < 4.78 is 16.7. The number of rotatable bonds is 40. The molecule has 0 aromatic heterocycles. The third-order valence-corrected chi connectivity index (χ3v) is 9.43. The number of esters is 3. The van der Waals surface area contributed by atoms with E-state index in [1.807, 2.05) is 0 Å². The van der Waals surface area contributed by atoms with Crippen LogP contribution in [0.1, 0.15) is 213 Å². The molecule has 0 rings (SSSR count). The Labute approximate surface area is 339 Å². The van der Waals surface area contributed by atoms with Crippen LogP contribution >= 0.6 is 0 Å². The average molecular weight is 769 g/mol. The van der Waals surface area contributed by atoms with Crippen LogP contribution in [-0.4, -0.2) is 37.2 Å². The molecule has 0 aromatic rings. The molecule has 0 spiro atoms. The number of allylic oxidation sites excluding steroid dienone is 10. The Kier molecular flexibility index (Phi) is 41.5. The maximum Gasteiger partial charge on any atom is 0.306 e. The molecule has 0 aromatic carbocycles. The van der Waals surface area contributed by atoms with Crippen LogP contribution in [0.3, 0.4) is 0 Å². The number of unbranched alkanes of at least 4 members (excludes halogenated alkanes) is 19. The first-order valence-electron chi connectivity index (χ1n) is 22.8. The molecule has 0 amide bonds. The lowest BCUT2D eigenvalue weighted by Crippen LogP contribution is -2.30. The quantitative estimate of drug-likeness (QED) is 0.0267. The molecule has 0 saturated carbocycles. The summed E-state index contributed by atoms with van der Waals surface area (Å²) in [7, 11) is 0. The maximum atomic E-state index is 12.7. The molecular weight excluding hydrogens is 685 g/mol. The molecule has 6 heteroatoms. The van der Waals surface area contributed by atoms with Crippen molar-refractivity contribution in [3.8, 4) is 0 Å². The van der Waals surface area contributed by atoms with E-state index in [4.69, 9.17) is 14.2 Å². The van der Waals surface area contributed by atoms with Crippen molar-refractivity contribution in [2.45, 2.75) is 219 Å². The van der Waals surface area contributed by atoms with Crippen LogP contribution < -0.4 is 0 Å². The van der Waals surface area contributed by atoms with Crippen molar-refractivity contribution in [3.05, 3.63) is 60.8 Å². The van der Waals surface area contributed by atoms with Crippen LogP contribution in [-0.2, 0) is 28.6 Å². The van der Waals surface area contributed by atoms with E-state index < -0.39 is 6.10 Å². The fourth-order valence-electron chi connectivity index (χ4n) is 5.97. The Hall–Kier alpha value is -2.89. The Bertz CT molecular complexity index is 1020. The zero-order valence-corrected chi connectivity index (χ0v) is 35.9. The van der Waals surface area contributed by atoms with Gasteiger partial charge in [0.25, 0.3) is 0 Å². The van der Waals surface area contributed by atoms with Crippen LogP contribution in [0.2, 0.25) is 0 Å². The monoisotopic (exact) mass is 769 g/mol. The predicted molar refractivity (Wildman–Crippen MR) is 233 cm³/mol. The van der Waals surface area contributed by atoms with Gasteiger partial charge in [-0.05, 0) is 89.9 Å². The molecule has 1 unspecified atom stereocenters. The lowest BCUT2D eigenvalue weighted by atomic mass is 10.1. The summed E-state index contributed by atoms with van der Waals surface area (Å²) >= 11 is 0. The van der Waals surface area contributed by atoms with Gasteiger partial charge in [-0.15, -0.1) is 0 Å². The van der Waals surface area contributed by atoms with Gasteiger partial charge in [0.15, 0.2) is 6.10 Å². The fraction of sp³-hybridized carbons (Fsp3) is 0.735. The fourth-order valence-corrected chi connectivity index (χ4v) is 5.97. The third-order valence-electron chi connectivity index (χ3n) is 9.43. The van der Waals surface area contributed by atoms with Crippen LogP contribution in [0.5, 0.6) is 0 Å². The second-order valence-electron chi connectivity index (χ2n) is 14.9. The van der Waals surface area contributed by atoms with Crippen molar-refractivity contribution in [1.29, 1.82) is 0 Å². The average Bonchev–Trinajstić information content (AvgIpc) is 3.18. The molecule has 1 atom stereocenters. The lowest BCUT2D eigenvalue weighted by Gasteiger charge is -2.18. The number of hydrogen-bond donors (Lipinski definition) is 0. The summed E-state index contributed by atoms with van der Waals surface area (Å²) in [4.78, 5) is 37.7. The van der Waals surface area contributed by atoms with E-state index >= 15 is 0 Å². The van der Waals surface area contributed by atoms with Crippen molar-refractivity contribution < 1.29 is 28.6 Å². The molecule has 55 heavy (non-hydrogen) atoms. The first-order chi connectivity index (χ1) is 27.0. The van der Waals surface area contributed by atoms with Gasteiger partial charge in [0, 0.05) is 19.3 Å². The molecule has 316 valence electrons. The standard InChI is InChI=1S/C49H84O6/c1-4-7-10-13-16-19-22-24-26-27-30-33-36-39-42-48(51)54-45-46(44-53-47(50)41-38-35-32-29-21-18-15-12-9-6-3)55-49(52)43-40-37-34-31-28-25-23-20-17-14-11-8-5-2/h11-16,20,22-24,46H,4-10,17-19,21,25-45H2,1-3H3/b14-11-,15-12-,16-13-,23-20-,24-22-. The van der Waals surface area contributed by atoms with Crippen molar-refractivity contribution in [2.24, 2.45) is 0 Å². The Morgan fingerprint density at radius 3 is 1.11 bits per heavy atom. The summed E-state index contributed by atoms with van der Waals surface area (Å²) in [5, 5.41) is 0. The lowest BCUT2D eigenvalue weighted by molar-refractivity contribution is -0.167. The zero-order valence-electron chi connectivity index (χ0n) is 35.9. The highest BCUT2D eigenvalue weighted by Crippen LogP contribution is 2.13. The maximum absolute atomic E-state index is 12.7. The molecule has 0 fully saturated rings. The molecule has 6 nitrogen and oxygen atoms in total. The van der Waals surface area contributed by atoms with Crippen LogP contribution in [0.4, 0.5) is 0 Å². The molecule has 0 aliphatic rings. The van der Waals surface area contributed by atoms with Crippen molar-refractivity contribution >= 4 is 17.9 Å². The van der Waals surface area contributed by atoms with Gasteiger partial charge < -0.3 is 14.2 Å². The SMILES string of the molecule is CCC/C=C\C/C=C\CCCCCCCC(=O)OC(COC(=O)CCCCCCC/C=C\C/C=C\CCCC)COC(=O)CCCCCCC/C=C\CCC. The summed E-state index contributed by atoms with van der Waals surface area (Å²) in [5.41, 5.74) is 0. The second-order valence-corrected chi connectivity index (χ2v) is 14.9. The molecule has 0 radical (unpaired) electrons. The van der Waals surface area contributed by atoms with Crippen molar-refractivity contribution in [2.75, 3.05) is 13.2 Å². The minimum absolute atomic E-state index is 0.0898. The molecule has 0 N–H and O–H groups in total. The number of hydrogen-bond acceptors (Lipinski definition) is 6. The van der Waals surface area contributed by atoms with E-state index in [2.05, 4.69) is 81.5 Å². The molecule has 0 heterocycles. The van der Waals surface area contributed by atoms with E-state index in [1.54, 1.807) is 0 Å². The first kappa shape index (κ1) is 52.1. The topological polar surface area (TPSA) is 78.9 Å². The van der Waals surface area contributed by atoms with Gasteiger partial charge >= 0.3 is 17.9 Å². The minimum atomic E-state index is -0.787. The number of carbonyl (C=O) groups excluding carboxylic acids is 3. The van der Waals surface area contributed by atoms with E-state index in [1.165, 1.54) is 51.4 Å². The first-order valence-corrected chi connectivity index (χ1v) is 22.8. The smallest absolute Gasteiger partial charge is 0.306 e. The number of ether oxygens (including phenoxy) is 3. The Morgan fingerprint density at radius 2 is 0.691 bits per heavy atom. The van der Waals surface area contributed by atoms with Gasteiger partial charge in [0.1, 0.15) is 13.2 Å². The molecule has 0 aliphatic heterocycles. The number of carbonyl (C=O) groups is 3. The summed E-state index contributed by atoms with van der Waals surface area (Å²) in [6.07, 6.45) is 52.0. The second kappa shape index (κ2) is 43.8. The Balaban J connectivity index is 4.43. The normalized spacial score (nSPS) is 12.6. The largest absolute Gasteiger partial charge is 0.462 e. The van der Waals surface area contributed by atoms with E-state index in [0.717, 1.165) is 122 Å². The van der Waals surface area contributed by atoms with E-state index in [0.29, 0.717) is 19.3 Å². The van der Waals surface area contributed by atoms with Gasteiger partial charge in [0.2, 0.25) is 0 Å². The molecule has 0 aliphatic carbocycles. The van der Waals surface area contributed by atoms with E-state index in [-0.39, 0.29) is 31.1 Å². The van der Waals surface area contributed by atoms with Gasteiger partial charge in [-0.1, -0.05) is 165 Å². The Morgan fingerprint density at radius 1 is 0.364 bits per heavy atom.